The Morgan fingerprint density at radius 2 is 1.91 bits per heavy atom. The second-order valence-corrected chi connectivity index (χ2v) is 6.80. The Labute approximate surface area is 138 Å². The predicted octanol–water partition coefficient (Wildman–Crippen LogP) is 3.49. The summed E-state index contributed by atoms with van der Waals surface area (Å²) in [5, 5.41) is 0. The molecule has 0 amide bonds. The van der Waals surface area contributed by atoms with E-state index >= 15 is 0 Å². The molecule has 2 unspecified atom stereocenters. The van der Waals surface area contributed by atoms with Gasteiger partial charge in [-0.15, -0.1) is 0 Å². The molecule has 1 aromatic heterocycles. The minimum absolute atomic E-state index is 0.116. The van der Waals surface area contributed by atoms with Crippen molar-refractivity contribution in [3.05, 3.63) is 52.6 Å². The second-order valence-electron chi connectivity index (χ2n) is 6.80. The molecule has 2 aromatic rings. The van der Waals surface area contributed by atoms with E-state index in [9.17, 15) is 0 Å². The fourth-order valence-corrected chi connectivity index (χ4v) is 3.43. The molecule has 0 spiro atoms. The molecule has 3 rings (SSSR count). The Morgan fingerprint density at radius 1 is 1.22 bits per heavy atom. The van der Waals surface area contributed by atoms with Gasteiger partial charge in [0.15, 0.2) is 5.79 Å². The first-order valence-electron chi connectivity index (χ1n) is 8.24. The van der Waals surface area contributed by atoms with Crippen molar-refractivity contribution in [1.29, 1.82) is 0 Å². The summed E-state index contributed by atoms with van der Waals surface area (Å²) in [5.74, 6) is -0.615. The quantitative estimate of drug-likeness (QED) is 0.867. The molecule has 124 valence electrons. The van der Waals surface area contributed by atoms with Crippen LogP contribution < -0.4 is 0 Å². The third-order valence-electron chi connectivity index (χ3n) is 4.95. The third-order valence-corrected chi connectivity index (χ3v) is 4.95. The fourth-order valence-electron chi connectivity index (χ4n) is 3.43. The molecular weight excluding hydrogens is 288 g/mol. The molecule has 0 bridgehead atoms. The van der Waals surface area contributed by atoms with Crippen molar-refractivity contribution in [1.82, 2.24) is 9.55 Å². The van der Waals surface area contributed by atoms with Gasteiger partial charge in [0.1, 0.15) is 0 Å². The van der Waals surface area contributed by atoms with Crippen LogP contribution in [0.2, 0.25) is 0 Å². The summed E-state index contributed by atoms with van der Waals surface area (Å²) < 4.78 is 14.4. The van der Waals surface area contributed by atoms with Gasteiger partial charge < -0.3 is 14.0 Å². The fraction of sp³-hybridized carbons (Fsp3) is 0.526. The molecule has 4 heteroatoms. The van der Waals surface area contributed by atoms with Crippen molar-refractivity contribution in [3.8, 4) is 0 Å². The van der Waals surface area contributed by atoms with E-state index in [1.165, 1.54) is 27.8 Å². The summed E-state index contributed by atoms with van der Waals surface area (Å²) >= 11 is 0. The standard InChI is InChI=1S/C19H26N2O2/c1-13-8-14(2)17(5)18(16(13)4)9-19(22-10-15(3)23-19)11-21-7-6-20-12-21/h6-8,12,15H,9-11H2,1-5H3. The van der Waals surface area contributed by atoms with Crippen LogP contribution in [0, 0.1) is 27.7 Å². The number of imidazole rings is 1. The lowest BCUT2D eigenvalue weighted by Gasteiger charge is -2.30. The maximum Gasteiger partial charge on any atom is 0.190 e. The summed E-state index contributed by atoms with van der Waals surface area (Å²) in [5.41, 5.74) is 6.67. The number of hydrogen-bond acceptors (Lipinski definition) is 3. The zero-order valence-electron chi connectivity index (χ0n) is 14.7. The van der Waals surface area contributed by atoms with Crippen molar-refractivity contribution in [2.75, 3.05) is 6.61 Å². The summed E-state index contributed by atoms with van der Waals surface area (Å²) in [4.78, 5) is 4.14. The Hall–Kier alpha value is -1.65. The Morgan fingerprint density at radius 3 is 2.43 bits per heavy atom. The third kappa shape index (κ3) is 3.19. The lowest BCUT2D eigenvalue weighted by atomic mass is 9.89. The number of ether oxygens (including phenoxy) is 2. The zero-order valence-corrected chi connectivity index (χ0v) is 14.7. The first kappa shape index (κ1) is 16.2. The summed E-state index contributed by atoms with van der Waals surface area (Å²) in [6, 6.07) is 2.26. The maximum absolute atomic E-state index is 6.25. The smallest absolute Gasteiger partial charge is 0.190 e. The van der Waals surface area contributed by atoms with E-state index in [0.717, 1.165) is 6.42 Å². The first-order chi connectivity index (χ1) is 10.9. The van der Waals surface area contributed by atoms with Gasteiger partial charge in [-0.05, 0) is 62.4 Å². The highest BCUT2D eigenvalue weighted by molar-refractivity contribution is 5.44. The van der Waals surface area contributed by atoms with Gasteiger partial charge >= 0.3 is 0 Å². The van der Waals surface area contributed by atoms with Crippen molar-refractivity contribution in [2.24, 2.45) is 0 Å². The molecule has 0 aliphatic carbocycles. The van der Waals surface area contributed by atoms with Crippen LogP contribution in [0.25, 0.3) is 0 Å². The van der Waals surface area contributed by atoms with E-state index in [2.05, 4.69) is 45.7 Å². The van der Waals surface area contributed by atoms with E-state index in [-0.39, 0.29) is 6.10 Å². The van der Waals surface area contributed by atoms with Crippen molar-refractivity contribution >= 4 is 0 Å². The topological polar surface area (TPSA) is 36.3 Å². The van der Waals surface area contributed by atoms with E-state index in [0.29, 0.717) is 13.2 Å². The van der Waals surface area contributed by atoms with Crippen molar-refractivity contribution < 1.29 is 9.47 Å². The van der Waals surface area contributed by atoms with Gasteiger partial charge in [0.05, 0.1) is 25.6 Å². The van der Waals surface area contributed by atoms with Crippen LogP contribution >= 0.6 is 0 Å². The Kier molecular flexibility index (Phi) is 4.30. The summed E-state index contributed by atoms with van der Waals surface area (Å²) in [6.45, 7) is 12.1. The van der Waals surface area contributed by atoms with Crippen LogP contribution in [0.1, 0.15) is 34.7 Å². The predicted molar refractivity (Wildman–Crippen MR) is 90.6 cm³/mol. The monoisotopic (exact) mass is 314 g/mol. The van der Waals surface area contributed by atoms with Crippen LogP contribution in [0.4, 0.5) is 0 Å². The zero-order chi connectivity index (χ0) is 16.6. The highest BCUT2D eigenvalue weighted by Gasteiger charge is 2.41. The van der Waals surface area contributed by atoms with Gasteiger partial charge in [0, 0.05) is 18.8 Å². The lowest BCUT2D eigenvalue weighted by Crippen LogP contribution is -2.39. The second kappa shape index (κ2) is 6.10. The molecule has 2 atom stereocenters. The molecule has 0 radical (unpaired) electrons. The molecular formula is C19H26N2O2. The first-order valence-corrected chi connectivity index (χ1v) is 8.24. The molecule has 1 aliphatic rings. The van der Waals surface area contributed by atoms with Gasteiger partial charge in [0.25, 0.3) is 0 Å². The van der Waals surface area contributed by atoms with E-state index < -0.39 is 5.79 Å². The Balaban J connectivity index is 1.97. The van der Waals surface area contributed by atoms with E-state index in [1.54, 1.807) is 6.20 Å². The lowest BCUT2D eigenvalue weighted by molar-refractivity contribution is -0.175. The van der Waals surface area contributed by atoms with Crippen molar-refractivity contribution in [3.63, 3.8) is 0 Å². The maximum atomic E-state index is 6.25. The molecule has 4 nitrogen and oxygen atoms in total. The highest BCUT2D eigenvalue weighted by Crippen LogP contribution is 2.33. The summed E-state index contributed by atoms with van der Waals surface area (Å²) in [7, 11) is 0. The number of hydrogen-bond donors (Lipinski definition) is 0. The highest BCUT2D eigenvalue weighted by atomic mass is 16.7. The molecule has 0 saturated carbocycles. The SMILES string of the molecule is Cc1cc(C)c(C)c(CC2(Cn3ccnc3)OCC(C)O2)c1C. The molecule has 1 aliphatic heterocycles. The minimum atomic E-state index is -0.615. The van der Waals surface area contributed by atoms with Crippen LogP contribution in [0.15, 0.2) is 24.8 Å². The van der Waals surface area contributed by atoms with E-state index in [1.807, 2.05) is 17.1 Å². The molecule has 1 fully saturated rings. The van der Waals surface area contributed by atoms with Crippen LogP contribution in [-0.2, 0) is 22.4 Å². The van der Waals surface area contributed by atoms with Crippen molar-refractivity contribution in [2.45, 2.75) is 59.5 Å². The van der Waals surface area contributed by atoms with Crippen LogP contribution in [0.3, 0.4) is 0 Å². The number of rotatable bonds is 4. The summed E-state index contributed by atoms with van der Waals surface area (Å²) in [6.07, 6.45) is 6.44. The molecule has 1 aromatic carbocycles. The number of benzene rings is 1. The van der Waals surface area contributed by atoms with Gasteiger partial charge in [-0.25, -0.2) is 4.98 Å². The molecule has 2 heterocycles. The van der Waals surface area contributed by atoms with Gasteiger partial charge in [-0.1, -0.05) is 6.07 Å². The molecule has 1 saturated heterocycles. The largest absolute Gasteiger partial charge is 0.345 e. The average molecular weight is 314 g/mol. The number of aryl methyl sites for hydroxylation is 2. The normalized spacial score (nSPS) is 24.3. The average Bonchev–Trinajstić information content (AvgIpc) is 3.12. The van der Waals surface area contributed by atoms with Gasteiger partial charge in [0.2, 0.25) is 0 Å². The molecule has 23 heavy (non-hydrogen) atoms. The van der Waals surface area contributed by atoms with Gasteiger partial charge in [-0.2, -0.15) is 0 Å². The van der Waals surface area contributed by atoms with Gasteiger partial charge in [-0.3, -0.25) is 0 Å². The number of nitrogens with zero attached hydrogens (tertiary/aromatic N) is 2. The molecule has 0 N–H and O–H groups in total. The van der Waals surface area contributed by atoms with Crippen LogP contribution in [0.5, 0.6) is 0 Å². The number of aromatic nitrogens is 2. The Bertz CT molecular complexity index is 668. The minimum Gasteiger partial charge on any atom is -0.345 e. The van der Waals surface area contributed by atoms with E-state index in [4.69, 9.17) is 9.47 Å². The van der Waals surface area contributed by atoms with Crippen LogP contribution in [-0.4, -0.2) is 28.0 Å².